The molecule has 1 aliphatic rings. The van der Waals surface area contributed by atoms with Crippen molar-refractivity contribution in [3.63, 3.8) is 0 Å². The lowest BCUT2D eigenvalue weighted by Gasteiger charge is -2.32. The smallest absolute Gasteiger partial charge is 0.391 e. The van der Waals surface area contributed by atoms with Gasteiger partial charge in [0.25, 0.3) is 0 Å². The minimum atomic E-state index is -4.45. The Kier molecular flexibility index (Phi) is 5.81. The van der Waals surface area contributed by atoms with Crippen LogP contribution in [0.2, 0.25) is 5.02 Å². The maximum absolute atomic E-state index is 12.5. The minimum Gasteiger partial charge on any atom is -0.394 e. The summed E-state index contributed by atoms with van der Waals surface area (Å²) in [4.78, 5) is 14.2. The van der Waals surface area contributed by atoms with E-state index in [9.17, 15) is 18.0 Å². The molecular weight excluding hydrogens is 387 g/mol. The Morgan fingerprint density at radius 2 is 2.11 bits per heavy atom. The van der Waals surface area contributed by atoms with Crippen molar-refractivity contribution in [1.82, 2.24) is 10.5 Å². The van der Waals surface area contributed by atoms with E-state index in [1.54, 1.807) is 18.2 Å². The molecule has 2 N–H and O–H groups in total. The number of hydrogen-bond acceptors (Lipinski definition) is 5. The lowest BCUT2D eigenvalue weighted by atomic mass is 9.95. The summed E-state index contributed by atoms with van der Waals surface area (Å²) >= 11 is 6.02. The summed E-state index contributed by atoms with van der Waals surface area (Å²) in [5.41, 5.74) is 0.604. The van der Waals surface area contributed by atoms with E-state index in [1.165, 1.54) is 0 Å². The maximum atomic E-state index is 12.5. The summed E-state index contributed by atoms with van der Waals surface area (Å²) in [6.45, 7) is 0.264. The molecule has 0 radical (unpaired) electrons. The average Bonchev–Trinajstić information content (AvgIpc) is 3.03. The Morgan fingerprint density at radius 1 is 1.41 bits per heavy atom. The van der Waals surface area contributed by atoms with E-state index in [4.69, 9.17) is 21.2 Å². The predicted molar refractivity (Wildman–Crippen MR) is 93.6 cm³/mol. The van der Waals surface area contributed by atoms with Crippen molar-refractivity contribution in [2.45, 2.75) is 31.5 Å². The molecule has 1 saturated heterocycles. The number of amides is 1. The molecule has 2 heterocycles. The van der Waals surface area contributed by atoms with Gasteiger partial charge in [-0.3, -0.25) is 4.79 Å². The number of rotatable bonds is 5. The summed E-state index contributed by atoms with van der Waals surface area (Å²) in [6, 6.07) is 3.86. The van der Waals surface area contributed by atoms with Gasteiger partial charge < -0.3 is 19.8 Å². The zero-order valence-corrected chi connectivity index (χ0v) is 15.1. The summed E-state index contributed by atoms with van der Waals surface area (Å²) < 4.78 is 42.6. The topological polar surface area (TPSA) is 78.6 Å². The van der Waals surface area contributed by atoms with E-state index in [2.05, 4.69) is 10.5 Å². The number of halogens is 4. The van der Waals surface area contributed by atoms with Gasteiger partial charge in [0.05, 0.1) is 24.5 Å². The summed E-state index contributed by atoms with van der Waals surface area (Å²) in [6.07, 6.45) is -4.77. The molecule has 2 aromatic rings. The van der Waals surface area contributed by atoms with Gasteiger partial charge in [-0.15, -0.1) is 0 Å². The second-order valence-corrected chi connectivity index (χ2v) is 7.05. The molecule has 27 heavy (non-hydrogen) atoms. The highest BCUT2D eigenvalue weighted by atomic mass is 35.5. The van der Waals surface area contributed by atoms with Gasteiger partial charge in [-0.2, -0.15) is 13.2 Å². The number of nitrogens with zero attached hydrogens (tertiary/aromatic N) is 2. The highest BCUT2D eigenvalue weighted by Gasteiger charge is 2.34. The van der Waals surface area contributed by atoms with Crippen LogP contribution in [0.25, 0.3) is 11.0 Å². The largest absolute Gasteiger partial charge is 0.394 e. The minimum absolute atomic E-state index is 0.412. The molecule has 0 spiro atoms. The number of aromatic nitrogens is 1. The molecule has 1 aliphatic heterocycles. The number of carbonyl (C=O) groups excluding carboxylic acids is 1. The predicted octanol–water partition coefficient (Wildman–Crippen LogP) is 3.13. The van der Waals surface area contributed by atoms with Crippen LogP contribution >= 0.6 is 11.6 Å². The van der Waals surface area contributed by atoms with Crippen LogP contribution in [0, 0.1) is 5.92 Å². The number of hydrogen-bond donors (Lipinski definition) is 2. The van der Waals surface area contributed by atoms with Crippen LogP contribution in [0.1, 0.15) is 19.3 Å². The Hall–Kier alpha value is -2.00. The van der Waals surface area contributed by atoms with E-state index in [0.29, 0.717) is 42.4 Å². The lowest BCUT2D eigenvalue weighted by molar-refractivity contribution is -0.145. The van der Waals surface area contributed by atoms with Crippen LogP contribution < -0.4 is 10.2 Å². The normalized spacial score (nSPS) is 17.3. The lowest BCUT2D eigenvalue weighted by Crippen LogP contribution is -2.46. The highest BCUT2D eigenvalue weighted by molar-refractivity contribution is 6.31. The van der Waals surface area contributed by atoms with E-state index in [1.807, 2.05) is 4.90 Å². The number of fused-ring (bicyclic) bond motifs is 1. The monoisotopic (exact) mass is 405 g/mol. The molecule has 1 amide bonds. The fourth-order valence-electron chi connectivity index (χ4n) is 3.24. The fourth-order valence-corrected chi connectivity index (χ4v) is 3.41. The molecular formula is C17H19ClF3N3O3. The molecule has 1 unspecified atom stereocenters. The van der Waals surface area contributed by atoms with Crippen molar-refractivity contribution >= 4 is 34.3 Å². The summed E-state index contributed by atoms with van der Waals surface area (Å²) in [5.74, 6) is -0.243. The number of anilines is 1. The number of nitrogens with one attached hydrogen (secondary N) is 1. The molecule has 0 bridgehead atoms. The van der Waals surface area contributed by atoms with E-state index in [0.717, 1.165) is 5.39 Å². The molecule has 1 fully saturated rings. The van der Waals surface area contributed by atoms with Crippen molar-refractivity contribution in [2.24, 2.45) is 5.92 Å². The number of alkyl halides is 3. The van der Waals surface area contributed by atoms with Gasteiger partial charge in [-0.05, 0) is 31.0 Å². The third-order valence-corrected chi connectivity index (χ3v) is 4.86. The molecule has 1 aromatic heterocycles. The van der Waals surface area contributed by atoms with Crippen molar-refractivity contribution in [1.29, 1.82) is 0 Å². The first-order valence-corrected chi connectivity index (χ1v) is 8.92. The average molecular weight is 406 g/mol. The Balaban J connectivity index is 1.59. The summed E-state index contributed by atoms with van der Waals surface area (Å²) in [5, 5.41) is 16.8. The molecule has 1 aromatic carbocycles. The van der Waals surface area contributed by atoms with Crippen molar-refractivity contribution < 1.29 is 27.6 Å². The van der Waals surface area contributed by atoms with E-state index >= 15 is 0 Å². The number of benzene rings is 1. The molecule has 3 rings (SSSR count). The second kappa shape index (κ2) is 7.93. The maximum Gasteiger partial charge on any atom is 0.391 e. The molecule has 0 saturated carbocycles. The van der Waals surface area contributed by atoms with Crippen LogP contribution in [0.4, 0.5) is 19.0 Å². The van der Waals surface area contributed by atoms with Crippen LogP contribution in [0.3, 0.4) is 0 Å². The van der Waals surface area contributed by atoms with Crippen molar-refractivity contribution in [3.8, 4) is 0 Å². The third-order valence-electron chi connectivity index (χ3n) is 4.62. The Morgan fingerprint density at radius 3 is 2.74 bits per heavy atom. The first-order chi connectivity index (χ1) is 12.8. The molecule has 10 heteroatoms. The van der Waals surface area contributed by atoms with Crippen LogP contribution in [-0.4, -0.2) is 48.1 Å². The Bertz CT molecular complexity index is 804. The van der Waals surface area contributed by atoms with Gasteiger partial charge >= 0.3 is 6.18 Å². The number of aliphatic hydroxyl groups excluding tert-OH is 1. The number of aliphatic hydroxyl groups is 1. The first kappa shape index (κ1) is 19.8. The van der Waals surface area contributed by atoms with Gasteiger partial charge in [0.2, 0.25) is 5.91 Å². The van der Waals surface area contributed by atoms with Gasteiger partial charge in [0, 0.05) is 24.0 Å². The molecule has 6 nitrogen and oxygen atoms in total. The van der Waals surface area contributed by atoms with Crippen molar-refractivity contribution in [3.05, 3.63) is 23.2 Å². The standard InChI is InChI=1S/C17H19ClF3N3O3/c18-11-1-2-14-13(7-11)15(23-27-14)24-5-3-10(4-6-24)16(26)22-12(9-25)8-17(19,20)21/h1-2,7,10,12,25H,3-6,8-9H2,(H,22,26). The van der Waals surface area contributed by atoms with Gasteiger partial charge in [-0.25, -0.2) is 0 Å². The molecule has 1 atom stereocenters. The number of piperidine rings is 1. The van der Waals surface area contributed by atoms with Crippen LogP contribution in [-0.2, 0) is 4.79 Å². The van der Waals surface area contributed by atoms with Crippen LogP contribution in [0.5, 0.6) is 0 Å². The fraction of sp³-hybridized carbons (Fsp3) is 0.529. The quantitative estimate of drug-likeness (QED) is 0.799. The zero-order chi connectivity index (χ0) is 19.6. The van der Waals surface area contributed by atoms with E-state index in [-0.39, 0.29) is 0 Å². The second-order valence-electron chi connectivity index (χ2n) is 6.62. The van der Waals surface area contributed by atoms with Gasteiger partial charge in [-0.1, -0.05) is 16.8 Å². The Labute approximate surface area is 158 Å². The molecule has 0 aliphatic carbocycles. The molecule has 148 valence electrons. The SMILES string of the molecule is O=C(NC(CO)CC(F)(F)F)C1CCN(c2noc3ccc(Cl)cc23)CC1. The first-order valence-electron chi connectivity index (χ1n) is 8.54. The van der Waals surface area contributed by atoms with Gasteiger partial charge in [0.15, 0.2) is 11.4 Å². The highest BCUT2D eigenvalue weighted by Crippen LogP contribution is 2.31. The number of carbonyl (C=O) groups is 1. The zero-order valence-electron chi connectivity index (χ0n) is 14.3. The summed E-state index contributed by atoms with van der Waals surface area (Å²) in [7, 11) is 0. The van der Waals surface area contributed by atoms with Crippen LogP contribution in [0.15, 0.2) is 22.7 Å². The van der Waals surface area contributed by atoms with E-state index < -0.39 is 37.1 Å². The van der Waals surface area contributed by atoms with Crippen molar-refractivity contribution in [2.75, 3.05) is 24.6 Å². The van der Waals surface area contributed by atoms with Gasteiger partial charge in [0.1, 0.15) is 0 Å². The third kappa shape index (κ3) is 4.84.